The van der Waals surface area contributed by atoms with Crippen molar-refractivity contribution in [2.45, 2.75) is 43.7 Å². The Morgan fingerprint density at radius 3 is 2.00 bits per heavy atom. The molecule has 5 rings (SSSR count). The van der Waals surface area contributed by atoms with Crippen LogP contribution in [0.25, 0.3) is 0 Å². The molecule has 0 bridgehead atoms. The van der Waals surface area contributed by atoms with Gasteiger partial charge < -0.3 is 16.0 Å². The highest BCUT2D eigenvalue weighted by Crippen LogP contribution is 2.31. The number of piperazine rings is 1. The SMILES string of the molecule is CNc1nc(NCCN2CCN(C(c3ccccc3)c3ccccc3)CC2)nc(NC2(C#N)CCCCC2)n1. The summed E-state index contributed by atoms with van der Waals surface area (Å²) in [5.74, 6) is 1.45. The van der Waals surface area contributed by atoms with Crippen molar-refractivity contribution in [3.63, 3.8) is 0 Å². The largest absolute Gasteiger partial charge is 0.357 e. The maximum absolute atomic E-state index is 9.84. The molecule has 2 aromatic carbocycles. The molecule has 1 saturated carbocycles. The van der Waals surface area contributed by atoms with E-state index >= 15 is 0 Å². The standard InChI is InChI=1S/C30H39N9/c1-32-27-34-28(36-29(35-27)37-30(23-31)15-9-4-10-16-30)33-17-18-38-19-21-39(22-20-38)26(24-11-5-2-6-12-24)25-13-7-3-8-14-25/h2-3,5-8,11-14,26H,4,9-10,15-22H2,1H3,(H3,32,33,34,35,36,37). The highest BCUT2D eigenvalue weighted by atomic mass is 15.3. The van der Waals surface area contributed by atoms with Crippen LogP contribution in [0.1, 0.15) is 49.3 Å². The molecule has 2 aliphatic rings. The molecule has 0 radical (unpaired) electrons. The van der Waals surface area contributed by atoms with E-state index in [2.05, 4.69) is 107 Å². The molecule has 2 fully saturated rings. The van der Waals surface area contributed by atoms with Gasteiger partial charge in [-0.05, 0) is 24.0 Å². The summed E-state index contributed by atoms with van der Waals surface area (Å²) in [5, 5.41) is 19.6. The van der Waals surface area contributed by atoms with Crippen molar-refractivity contribution in [1.29, 1.82) is 5.26 Å². The molecular formula is C30H39N9. The molecule has 0 atom stereocenters. The summed E-state index contributed by atoms with van der Waals surface area (Å²) >= 11 is 0. The average Bonchev–Trinajstić information content (AvgIpc) is 2.99. The predicted molar refractivity (Wildman–Crippen MR) is 156 cm³/mol. The van der Waals surface area contributed by atoms with Crippen molar-refractivity contribution >= 4 is 17.8 Å². The predicted octanol–water partition coefficient (Wildman–Crippen LogP) is 4.37. The number of hydrogen-bond donors (Lipinski definition) is 3. The molecule has 0 spiro atoms. The second kappa shape index (κ2) is 12.9. The summed E-state index contributed by atoms with van der Waals surface area (Å²) < 4.78 is 0. The lowest BCUT2D eigenvalue weighted by molar-refractivity contribution is 0.112. The first-order chi connectivity index (χ1) is 19.2. The molecule has 3 aromatic rings. The molecule has 204 valence electrons. The van der Waals surface area contributed by atoms with Gasteiger partial charge in [-0.1, -0.05) is 79.9 Å². The monoisotopic (exact) mass is 525 g/mol. The highest BCUT2D eigenvalue weighted by molar-refractivity contribution is 5.45. The smallest absolute Gasteiger partial charge is 0.230 e. The summed E-state index contributed by atoms with van der Waals surface area (Å²) in [5.41, 5.74) is 2.08. The second-order valence-corrected chi connectivity index (χ2v) is 10.5. The molecule has 2 heterocycles. The third kappa shape index (κ3) is 6.83. The molecule has 3 N–H and O–H groups in total. The zero-order valence-electron chi connectivity index (χ0n) is 22.8. The maximum atomic E-state index is 9.84. The Hall–Kier alpha value is -3.74. The lowest BCUT2D eigenvalue weighted by Gasteiger charge is -2.39. The number of nitriles is 1. The number of aromatic nitrogens is 3. The van der Waals surface area contributed by atoms with Crippen LogP contribution in [0, 0.1) is 11.3 Å². The van der Waals surface area contributed by atoms with Crippen molar-refractivity contribution in [3.05, 3.63) is 71.8 Å². The van der Waals surface area contributed by atoms with Gasteiger partial charge in [0.15, 0.2) is 0 Å². The third-order valence-electron chi connectivity index (χ3n) is 7.85. The summed E-state index contributed by atoms with van der Waals surface area (Å²) in [6.45, 7) is 5.67. The molecule has 1 aromatic heterocycles. The van der Waals surface area contributed by atoms with E-state index in [1.54, 1.807) is 7.05 Å². The van der Waals surface area contributed by atoms with Gasteiger partial charge in [0.1, 0.15) is 5.54 Å². The molecule has 39 heavy (non-hydrogen) atoms. The van der Waals surface area contributed by atoms with Crippen LogP contribution in [-0.2, 0) is 0 Å². The van der Waals surface area contributed by atoms with Crippen molar-refractivity contribution < 1.29 is 0 Å². The number of nitrogens with zero attached hydrogens (tertiary/aromatic N) is 6. The van der Waals surface area contributed by atoms with E-state index < -0.39 is 5.54 Å². The van der Waals surface area contributed by atoms with E-state index in [-0.39, 0.29) is 6.04 Å². The zero-order chi connectivity index (χ0) is 26.9. The lowest BCUT2D eigenvalue weighted by Crippen LogP contribution is -2.48. The number of hydrogen-bond acceptors (Lipinski definition) is 9. The lowest BCUT2D eigenvalue weighted by atomic mass is 9.83. The van der Waals surface area contributed by atoms with E-state index in [1.165, 1.54) is 17.5 Å². The number of anilines is 3. The van der Waals surface area contributed by atoms with Crippen molar-refractivity contribution in [2.24, 2.45) is 0 Å². The van der Waals surface area contributed by atoms with Crippen LogP contribution >= 0.6 is 0 Å². The first-order valence-corrected chi connectivity index (χ1v) is 14.1. The average molecular weight is 526 g/mol. The van der Waals surface area contributed by atoms with E-state index in [1.807, 2.05) is 0 Å². The van der Waals surface area contributed by atoms with Gasteiger partial charge in [0.05, 0.1) is 12.1 Å². The first-order valence-electron chi connectivity index (χ1n) is 14.1. The number of benzene rings is 2. The van der Waals surface area contributed by atoms with Crippen molar-refractivity contribution in [2.75, 3.05) is 62.3 Å². The first kappa shape index (κ1) is 26.9. The Bertz CT molecular complexity index is 1170. The van der Waals surface area contributed by atoms with Gasteiger partial charge in [-0.25, -0.2) is 0 Å². The van der Waals surface area contributed by atoms with E-state index in [4.69, 9.17) is 0 Å². The summed E-state index contributed by atoms with van der Waals surface area (Å²) in [7, 11) is 1.79. The van der Waals surface area contributed by atoms with Crippen LogP contribution in [0.15, 0.2) is 60.7 Å². The Balaban J connectivity index is 1.16. The molecule has 1 aliphatic heterocycles. The number of nitrogens with one attached hydrogen (secondary N) is 3. The zero-order valence-corrected chi connectivity index (χ0v) is 22.8. The fourth-order valence-electron chi connectivity index (χ4n) is 5.71. The van der Waals surface area contributed by atoms with Crippen LogP contribution < -0.4 is 16.0 Å². The minimum absolute atomic E-state index is 0.268. The Morgan fingerprint density at radius 1 is 0.821 bits per heavy atom. The van der Waals surface area contributed by atoms with E-state index in [0.717, 1.165) is 65.0 Å². The molecule has 0 amide bonds. The molecule has 9 nitrogen and oxygen atoms in total. The van der Waals surface area contributed by atoms with E-state index in [9.17, 15) is 5.26 Å². The van der Waals surface area contributed by atoms with Crippen molar-refractivity contribution in [3.8, 4) is 6.07 Å². The van der Waals surface area contributed by atoms with Gasteiger partial charge in [0, 0.05) is 46.3 Å². The topological polar surface area (TPSA) is 105 Å². The van der Waals surface area contributed by atoms with Crippen LogP contribution in [0.4, 0.5) is 17.8 Å². The summed E-state index contributed by atoms with van der Waals surface area (Å²) in [4.78, 5) is 18.6. The van der Waals surface area contributed by atoms with Gasteiger partial charge in [-0.3, -0.25) is 9.80 Å². The molecule has 1 aliphatic carbocycles. The second-order valence-electron chi connectivity index (χ2n) is 10.5. The maximum Gasteiger partial charge on any atom is 0.230 e. The molecule has 9 heteroatoms. The van der Waals surface area contributed by atoms with Crippen LogP contribution in [0.3, 0.4) is 0 Å². The van der Waals surface area contributed by atoms with Crippen LogP contribution in [0.2, 0.25) is 0 Å². The fourth-order valence-corrected chi connectivity index (χ4v) is 5.71. The minimum Gasteiger partial charge on any atom is -0.357 e. The van der Waals surface area contributed by atoms with Gasteiger partial charge in [0.25, 0.3) is 0 Å². The van der Waals surface area contributed by atoms with Gasteiger partial charge in [-0.2, -0.15) is 20.2 Å². The number of rotatable bonds is 10. The quantitative estimate of drug-likeness (QED) is 0.356. The van der Waals surface area contributed by atoms with Gasteiger partial charge in [-0.15, -0.1) is 0 Å². The summed E-state index contributed by atoms with van der Waals surface area (Å²) in [6, 6.07) is 24.4. The normalized spacial score (nSPS) is 17.9. The van der Waals surface area contributed by atoms with Gasteiger partial charge >= 0.3 is 0 Å². The summed E-state index contributed by atoms with van der Waals surface area (Å²) in [6.07, 6.45) is 4.88. The fraction of sp³-hybridized carbons (Fsp3) is 0.467. The van der Waals surface area contributed by atoms with Gasteiger partial charge in [0.2, 0.25) is 17.8 Å². The Kier molecular flexibility index (Phi) is 8.86. The third-order valence-corrected chi connectivity index (χ3v) is 7.85. The van der Waals surface area contributed by atoms with E-state index in [0.29, 0.717) is 17.8 Å². The minimum atomic E-state index is -0.598. The highest BCUT2D eigenvalue weighted by Gasteiger charge is 2.33. The molecule has 0 unspecified atom stereocenters. The van der Waals surface area contributed by atoms with Crippen LogP contribution in [0.5, 0.6) is 0 Å². The molecular weight excluding hydrogens is 486 g/mol. The molecule has 1 saturated heterocycles. The Labute approximate surface area is 231 Å². The van der Waals surface area contributed by atoms with Crippen molar-refractivity contribution in [1.82, 2.24) is 24.8 Å². The Morgan fingerprint density at radius 2 is 1.41 bits per heavy atom. The van der Waals surface area contributed by atoms with Crippen LogP contribution in [-0.4, -0.2) is 76.6 Å².